The molecule has 1 aliphatic heterocycles. The lowest BCUT2D eigenvalue weighted by Gasteiger charge is -2.26. The molecule has 1 heterocycles. The fourth-order valence-electron chi connectivity index (χ4n) is 2.48. The molecule has 3 amide bonds. The molecule has 0 spiro atoms. The number of alkyl halides is 3. The molecule has 1 aromatic rings. The van der Waals surface area contributed by atoms with E-state index in [0.29, 0.717) is 4.90 Å². The van der Waals surface area contributed by atoms with E-state index in [1.165, 1.54) is 24.3 Å². The average molecular weight is 344 g/mol. The van der Waals surface area contributed by atoms with Gasteiger partial charge in [0.15, 0.2) is 0 Å². The third-order valence-electron chi connectivity index (χ3n) is 3.40. The van der Waals surface area contributed by atoms with E-state index in [2.05, 4.69) is 0 Å². The van der Waals surface area contributed by atoms with Gasteiger partial charge in [-0.05, 0) is 12.1 Å². The second kappa shape index (κ2) is 6.38. The normalized spacial score (nSPS) is 18.0. The van der Waals surface area contributed by atoms with Gasteiger partial charge in [-0.1, -0.05) is 12.1 Å². The summed E-state index contributed by atoms with van der Waals surface area (Å²) in [5.41, 5.74) is -0.0390. The molecule has 0 radical (unpaired) electrons. The molecule has 1 atom stereocenters. The number of benzene rings is 1. The van der Waals surface area contributed by atoms with E-state index in [-0.39, 0.29) is 11.4 Å². The number of anilines is 2. The Balaban J connectivity index is 2.56. The molecular weight excluding hydrogens is 331 g/mol. The molecule has 0 saturated carbocycles. The van der Waals surface area contributed by atoms with Crippen molar-refractivity contribution in [3.05, 3.63) is 24.3 Å². The van der Waals surface area contributed by atoms with Crippen LogP contribution in [0.1, 0.15) is 6.92 Å². The lowest BCUT2D eigenvalue weighted by atomic mass is 10.2. The van der Waals surface area contributed by atoms with Gasteiger partial charge in [-0.25, -0.2) is 0 Å². The standard InChI is InChI=1S/C14H14F3N3O4/c1-8(21)19-6-9(18-13(23)24)12(22)20(7-14(15,16)17)11-5-3-2-4-10(11)19/h2-5,9,18H,6-7H2,1H3,(H,23,24)/p-1/t9-/m0/s1. The van der Waals surface area contributed by atoms with Crippen molar-refractivity contribution in [2.45, 2.75) is 19.1 Å². The summed E-state index contributed by atoms with van der Waals surface area (Å²) in [6.07, 6.45) is -6.53. The molecule has 1 aliphatic rings. The van der Waals surface area contributed by atoms with Crippen molar-refractivity contribution in [2.75, 3.05) is 22.9 Å². The molecule has 0 aromatic heterocycles. The van der Waals surface area contributed by atoms with E-state index >= 15 is 0 Å². The van der Waals surface area contributed by atoms with Gasteiger partial charge >= 0.3 is 6.18 Å². The molecule has 1 N–H and O–H groups in total. The average Bonchev–Trinajstić information content (AvgIpc) is 2.56. The summed E-state index contributed by atoms with van der Waals surface area (Å²) in [5, 5.41) is 12.5. The molecule has 0 saturated heterocycles. The highest BCUT2D eigenvalue weighted by Gasteiger charge is 2.40. The van der Waals surface area contributed by atoms with Crippen LogP contribution in [0.3, 0.4) is 0 Å². The number of halogens is 3. The summed E-state index contributed by atoms with van der Waals surface area (Å²) in [5.74, 6) is -1.66. The highest BCUT2D eigenvalue weighted by Crippen LogP contribution is 2.34. The van der Waals surface area contributed by atoms with Crippen LogP contribution < -0.4 is 20.2 Å². The SMILES string of the molecule is CC(=O)N1C[C@H](NC(=O)[O-])C(=O)N(CC(F)(F)F)c2ccccc21. The number of rotatable bonds is 2. The predicted molar refractivity (Wildman–Crippen MR) is 75.2 cm³/mol. The molecule has 0 unspecified atom stereocenters. The fraction of sp³-hybridized carbons (Fsp3) is 0.357. The van der Waals surface area contributed by atoms with Crippen molar-refractivity contribution in [2.24, 2.45) is 0 Å². The Kier molecular flexibility index (Phi) is 4.67. The number of carbonyl (C=O) groups is 3. The van der Waals surface area contributed by atoms with Gasteiger partial charge in [0.05, 0.1) is 17.9 Å². The smallest absolute Gasteiger partial charge is 0.406 e. The van der Waals surface area contributed by atoms with E-state index in [4.69, 9.17) is 0 Å². The summed E-state index contributed by atoms with van der Waals surface area (Å²) in [4.78, 5) is 36.5. The largest absolute Gasteiger partial charge is 0.530 e. The minimum Gasteiger partial charge on any atom is -0.530 e. The number of fused-ring (bicyclic) bond motifs is 1. The molecule has 0 bridgehead atoms. The number of carbonyl (C=O) groups excluding carboxylic acids is 3. The minimum atomic E-state index is -4.71. The number of nitrogens with one attached hydrogen (secondary N) is 1. The number of hydrogen-bond acceptors (Lipinski definition) is 4. The maximum absolute atomic E-state index is 12.9. The van der Waals surface area contributed by atoms with Crippen molar-refractivity contribution < 1.29 is 32.7 Å². The zero-order valence-electron chi connectivity index (χ0n) is 12.5. The van der Waals surface area contributed by atoms with Gasteiger partial charge in [0.1, 0.15) is 18.7 Å². The van der Waals surface area contributed by atoms with Crippen LogP contribution in [0.15, 0.2) is 24.3 Å². The number of carboxylic acid groups (broad SMARTS) is 1. The van der Waals surface area contributed by atoms with Gasteiger partial charge in [-0.2, -0.15) is 13.2 Å². The summed E-state index contributed by atoms with van der Waals surface area (Å²) in [7, 11) is 0. The lowest BCUT2D eigenvalue weighted by molar-refractivity contribution is -0.251. The van der Waals surface area contributed by atoms with E-state index in [0.717, 1.165) is 11.8 Å². The minimum absolute atomic E-state index is 0.0882. The van der Waals surface area contributed by atoms with Crippen LogP contribution in [0.5, 0.6) is 0 Å². The number of para-hydroxylation sites is 2. The zero-order valence-corrected chi connectivity index (χ0v) is 12.5. The molecule has 1 aromatic carbocycles. The van der Waals surface area contributed by atoms with Gasteiger partial charge in [-0.15, -0.1) is 0 Å². The maximum Gasteiger partial charge on any atom is 0.406 e. The Morgan fingerprint density at radius 3 is 2.38 bits per heavy atom. The molecule has 7 nitrogen and oxygen atoms in total. The first-order valence-corrected chi connectivity index (χ1v) is 6.83. The number of hydrogen-bond donors (Lipinski definition) is 1. The van der Waals surface area contributed by atoms with Crippen LogP contribution in [0.4, 0.5) is 29.3 Å². The van der Waals surface area contributed by atoms with E-state index < -0.39 is 43.2 Å². The van der Waals surface area contributed by atoms with Crippen LogP contribution in [0.2, 0.25) is 0 Å². The second-order valence-corrected chi connectivity index (χ2v) is 5.14. The van der Waals surface area contributed by atoms with Crippen molar-refractivity contribution in [1.82, 2.24) is 5.32 Å². The van der Waals surface area contributed by atoms with Crippen molar-refractivity contribution in [3.8, 4) is 0 Å². The third kappa shape index (κ3) is 3.76. The summed E-state index contributed by atoms with van der Waals surface area (Å²) in [6.45, 7) is -0.885. The molecule has 10 heteroatoms. The van der Waals surface area contributed by atoms with Crippen molar-refractivity contribution in [1.29, 1.82) is 0 Å². The molecule has 24 heavy (non-hydrogen) atoms. The van der Waals surface area contributed by atoms with Crippen LogP contribution in [0, 0.1) is 0 Å². The van der Waals surface area contributed by atoms with Crippen LogP contribution >= 0.6 is 0 Å². The Labute approximate surface area is 134 Å². The summed E-state index contributed by atoms with van der Waals surface area (Å²) < 4.78 is 38.6. The first kappa shape index (κ1) is 17.6. The predicted octanol–water partition coefficient (Wildman–Crippen LogP) is 0.250. The second-order valence-electron chi connectivity index (χ2n) is 5.14. The lowest BCUT2D eigenvalue weighted by Crippen LogP contribution is -2.56. The molecule has 2 rings (SSSR count). The van der Waals surface area contributed by atoms with Gasteiger partial charge in [0.2, 0.25) is 5.91 Å². The summed E-state index contributed by atoms with van der Waals surface area (Å²) >= 11 is 0. The summed E-state index contributed by atoms with van der Waals surface area (Å²) in [6, 6.07) is 3.98. The van der Waals surface area contributed by atoms with Gasteiger partial charge in [-0.3, -0.25) is 14.5 Å². The highest BCUT2D eigenvalue weighted by atomic mass is 19.4. The zero-order chi connectivity index (χ0) is 18.1. The number of amides is 3. The monoisotopic (exact) mass is 344 g/mol. The molecule has 0 fully saturated rings. The Bertz CT molecular complexity index is 677. The van der Waals surface area contributed by atoms with Gasteiger partial charge < -0.3 is 20.1 Å². The first-order valence-electron chi connectivity index (χ1n) is 6.83. The Morgan fingerprint density at radius 1 is 1.29 bits per heavy atom. The Hall–Kier alpha value is -2.78. The van der Waals surface area contributed by atoms with Crippen LogP contribution in [0.25, 0.3) is 0 Å². The van der Waals surface area contributed by atoms with Crippen molar-refractivity contribution in [3.63, 3.8) is 0 Å². The van der Waals surface area contributed by atoms with Gasteiger partial charge in [0, 0.05) is 6.92 Å². The fourth-order valence-corrected chi connectivity index (χ4v) is 2.48. The highest BCUT2D eigenvalue weighted by molar-refractivity contribution is 6.07. The van der Waals surface area contributed by atoms with E-state index in [1.807, 2.05) is 0 Å². The van der Waals surface area contributed by atoms with Gasteiger partial charge in [0.25, 0.3) is 5.91 Å². The maximum atomic E-state index is 12.9. The third-order valence-corrected chi connectivity index (χ3v) is 3.40. The molecular formula is C14H13F3N3O4-. The van der Waals surface area contributed by atoms with Crippen LogP contribution in [-0.2, 0) is 9.59 Å². The van der Waals surface area contributed by atoms with E-state index in [9.17, 15) is 32.7 Å². The van der Waals surface area contributed by atoms with Crippen LogP contribution in [-0.4, -0.2) is 43.2 Å². The first-order chi connectivity index (χ1) is 11.1. The molecule has 0 aliphatic carbocycles. The Morgan fingerprint density at radius 2 is 1.88 bits per heavy atom. The molecule has 130 valence electrons. The topological polar surface area (TPSA) is 92.8 Å². The van der Waals surface area contributed by atoms with Crippen molar-refractivity contribution >= 4 is 29.3 Å². The number of nitrogens with zero attached hydrogens (tertiary/aromatic N) is 2. The van der Waals surface area contributed by atoms with E-state index in [1.54, 1.807) is 5.32 Å². The quantitative estimate of drug-likeness (QED) is 0.832.